The van der Waals surface area contributed by atoms with E-state index in [9.17, 15) is 4.79 Å². The van der Waals surface area contributed by atoms with E-state index in [4.69, 9.17) is 5.73 Å². The fourth-order valence-corrected chi connectivity index (χ4v) is 2.53. The first kappa shape index (κ1) is 13.7. The highest BCUT2D eigenvalue weighted by Crippen LogP contribution is 2.13. The Balaban J connectivity index is 2.01. The van der Waals surface area contributed by atoms with Crippen molar-refractivity contribution in [3.63, 3.8) is 0 Å². The van der Waals surface area contributed by atoms with Gasteiger partial charge in [0.05, 0.1) is 11.2 Å². The minimum atomic E-state index is -0.0802. The third kappa shape index (κ3) is 3.39. The summed E-state index contributed by atoms with van der Waals surface area (Å²) in [5.41, 5.74) is 6.95. The largest absolute Gasteiger partial charge is 0.336 e. The molecule has 0 spiro atoms. The summed E-state index contributed by atoms with van der Waals surface area (Å²) in [4.78, 5) is 18.1. The van der Waals surface area contributed by atoms with Crippen LogP contribution in [-0.2, 0) is 20.0 Å². The van der Waals surface area contributed by atoms with Crippen molar-refractivity contribution in [1.82, 2.24) is 19.7 Å². The quantitative estimate of drug-likeness (QED) is 0.872. The predicted octanol–water partition coefficient (Wildman–Crippen LogP) is 0.650. The minimum absolute atomic E-state index is 0.0802. The molecule has 0 aliphatic carbocycles. The normalized spacial score (nSPS) is 10.7. The van der Waals surface area contributed by atoms with Crippen molar-refractivity contribution >= 4 is 17.2 Å². The summed E-state index contributed by atoms with van der Waals surface area (Å²) in [6.45, 7) is 1.07. The van der Waals surface area contributed by atoms with Gasteiger partial charge < -0.3 is 10.6 Å². The van der Waals surface area contributed by atoms with Crippen LogP contribution in [0.3, 0.4) is 0 Å². The van der Waals surface area contributed by atoms with Crippen molar-refractivity contribution in [1.29, 1.82) is 0 Å². The zero-order valence-corrected chi connectivity index (χ0v) is 11.9. The van der Waals surface area contributed by atoms with Crippen LogP contribution in [0, 0.1) is 0 Å². The maximum Gasteiger partial charge on any atom is 0.273 e. The van der Waals surface area contributed by atoms with Gasteiger partial charge >= 0.3 is 0 Å². The SMILES string of the molecule is CN(Cc1cnn(C)c1)C(=O)c1csc(CCN)n1. The summed E-state index contributed by atoms with van der Waals surface area (Å²) in [6.07, 6.45) is 4.36. The molecule has 2 aromatic rings. The highest BCUT2D eigenvalue weighted by Gasteiger charge is 2.16. The molecular formula is C12H17N5OS. The van der Waals surface area contributed by atoms with Gasteiger partial charge in [0.15, 0.2) is 0 Å². The third-order valence-corrected chi connectivity index (χ3v) is 3.56. The highest BCUT2D eigenvalue weighted by atomic mass is 32.1. The molecule has 0 fully saturated rings. The Labute approximate surface area is 115 Å². The van der Waals surface area contributed by atoms with Crippen LogP contribution >= 0.6 is 11.3 Å². The average molecular weight is 279 g/mol. The lowest BCUT2D eigenvalue weighted by Crippen LogP contribution is -2.26. The number of aryl methyl sites for hydroxylation is 1. The maximum atomic E-state index is 12.2. The zero-order valence-electron chi connectivity index (χ0n) is 11.0. The number of hydrogen-bond donors (Lipinski definition) is 1. The number of nitrogens with zero attached hydrogens (tertiary/aromatic N) is 4. The molecule has 0 aliphatic rings. The number of nitrogens with two attached hydrogens (primary N) is 1. The Morgan fingerprint density at radius 3 is 3.00 bits per heavy atom. The zero-order chi connectivity index (χ0) is 13.8. The van der Waals surface area contributed by atoms with Crippen LogP contribution in [0.4, 0.5) is 0 Å². The number of hydrogen-bond acceptors (Lipinski definition) is 5. The smallest absolute Gasteiger partial charge is 0.273 e. The molecule has 0 saturated carbocycles. The Hall–Kier alpha value is -1.73. The van der Waals surface area contributed by atoms with Gasteiger partial charge in [-0.2, -0.15) is 5.10 Å². The van der Waals surface area contributed by atoms with Crippen LogP contribution in [-0.4, -0.2) is 39.2 Å². The summed E-state index contributed by atoms with van der Waals surface area (Å²) < 4.78 is 1.72. The molecule has 19 heavy (non-hydrogen) atoms. The first-order valence-corrected chi connectivity index (χ1v) is 6.85. The molecule has 0 aliphatic heterocycles. The molecule has 0 atom stereocenters. The van der Waals surface area contributed by atoms with Crippen molar-refractivity contribution in [2.75, 3.05) is 13.6 Å². The summed E-state index contributed by atoms with van der Waals surface area (Å²) in [5.74, 6) is -0.0802. The van der Waals surface area contributed by atoms with Gasteiger partial charge in [0.25, 0.3) is 5.91 Å². The van der Waals surface area contributed by atoms with Crippen molar-refractivity contribution in [3.8, 4) is 0 Å². The number of aromatic nitrogens is 3. The van der Waals surface area contributed by atoms with Crippen LogP contribution in [0.5, 0.6) is 0 Å². The Morgan fingerprint density at radius 1 is 1.58 bits per heavy atom. The monoisotopic (exact) mass is 279 g/mol. The van der Waals surface area contributed by atoms with Gasteiger partial charge in [-0.1, -0.05) is 0 Å². The van der Waals surface area contributed by atoms with E-state index < -0.39 is 0 Å². The van der Waals surface area contributed by atoms with E-state index in [1.54, 1.807) is 28.2 Å². The van der Waals surface area contributed by atoms with E-state index in [1.165, 1.54) is 11.3 Å². The minimum Gasteiger partial charge on any atom is -0.336 e. The molecule has 0 bridgehead atoms. The van der Waals surface area contributed by atoms with E-state index >= 15 is 0 Å². The second kappa shape index (κ2) is 5.94. The van der Waals surface area contributed by atoms with Crippen molar-refractivity contribution in [3.05, 3.63) is 34.0 Å². The van der Waals surface area contributed by atoms with Crippen molar-refractivity contribution in [2.45, 2.75) is 13.0 Å². The van der Waals surface area contributed by atoms with E-state index in [0.717, 1.165) is 10.6 Å². The van der Waals surface area contributed by atoms with Crippen molar-refractivity contribution in [2.24, 2.45) is 12.8 Å². The first-order valence-electron chi connectivity index (χ1n) is 5.97. The van der Waals surface area contributed by atoms with Crippen molar-refractivity contribution < 1.29 is 4.79 Å². The van der Waals surface area contributed by atoms with Crippen LogP contribution in [0.1, 0.15) is 21.1 Å². The Bertz CT molecular complexity index is 562. The van der Waals surface area contributed by atoms with Crippen LogP contribution < -0.4 is 5.73 Å². The van der Waals surface area contributed by atoms with Gasteiger partial charge in [0, 0.05) is 44.2 Å². The van der Waals surface area contributed by atoms with Gasteiger partial charge in [-0.25, -0.2) is 4.98 Å². The lowest BCUT2D eigenvalue weighted by Gasteiger charge is -2.14. The number of carbonyl (C=O) groups excluding carboxylic acids is 1. The number of thiazole rings is 1. The molecule has 2 rings (SSSR count). The molecule has 2 aromatic heterocycles. The number of rotatable bonds is 5. The molecular weight excluding hydrogens is 262 g/mol. The van der Waals surface area contributed by atoms with E-state index in [0.29, 0.717) is 25.2 Å². The summed E-state index contributed by atoms with van der Waals surface area (Å²) >= 11 is 1.48. The predicted molar refractivity (Wildman–Crippen MR) is 73.9 cm³/mol. The molecule has 0 radical (unpaired) electrons. The van der Waals surface area contributed by atoms with Gasteiger partial charge in [-0.3, -0.25) is 9.48 Å². The van der Waals surface area contributed by atoms with Crippen LogP contribution in [0.15, 0.2) is 17.8 Å². The molecule has 1 amide bonds. The molecule has 2 heterocycles. The van der Waals surface area contributed by atoms with Crippen LogP contribution in [0.2, 0.25) is 0 Å². The molecule has 2 N–H and O–H groups in total. The highest BCUT2D eigenvalue weighted by molar-refractivity contribution is 7.09. The van der Waals surface area contributed by atoms with Gasteiger partial charge in [0.2, 0.25) is 0 Å². The lowest BCUT2D eigenvalue weighted by molar-refractivity contribution is 0.0780. The standard InChI is InChI=1S/C12H17N5OS/c1-16(6-9-5-14-17(2)7-9)12(18)10-8-19-11(15-10)3-4-13/h5,7-8H,3-4,6,13H2,1-2H3. The topological polar surface area (TPSA) is 77.0 Å². The van der Waals surface area contributed by atoms with E-state index in [1.807, 2.05) is 13.2 Å². The molecule has 7 heteroatoms. The average Bonchev–Trinajstić information content (AvgIpc) is 2.98. The summed E-state index contributed by atoms with van der Waals surface area (Å²) in [7, 11) is 3.61. The maximum absolute atomic E-state index is 12.2. The van der Waals surface area contributed by atoms with Gasteiger partial charge in [-0.05, 0) is 6.54 Å². The Kier molecular flexibility index (Phi) is 4.28. The second-order valence-corrected chi connectivity index (χ2v) is 5.29. The molecule has 0 unspecified atom stereocenters. The van der Waals surface area contributed by atoms with Gasteiger partial charge in [-0.15, -0.1) is 11.3 Å². The van der Waals surface area contributed by atoms with Crippen LogP contribution in [0.25, 0.3) is 0 Å². The molecule has 0 aromatic carbocycles. The molecule has 102 valence electrons. The lowest BCUT2D eigenvalue weighted by atomic mass is 10.3. The first-order chi connectivity index (χ1) is 9.10. The van der Waals surface area contributed by atoms with E-state index in [-0.39, 0.29) is 5.91 Å². The summed E-state index contributed by atoms with van der Waals surface area (Å²) in [6, 6.07) is 0. The van der Waals surface area contributed by atoms with E-state index in [2.05, 4.69) is 10.1 Å². The van der Waals surface area contributed by atoms with Gasteiger partial charge in [0.1, 0.15) is 5.69 Å². The second-order valence-electron chi connectivity index (χ2n) is 4.35. The number of carbonyl (C=O) groups is 1. The fourth-order valence-electron chi connectivity index (χ4n) is 1.74. The molecule has 0 saturated heterocycles. The Morgan fingerprint density at radius 2 is 2.37 bits per heavy atom. The molecule has 6 nitrogen and oxygen atoms in total. The third-order valence-electron chi connectivity index (χ3n) is 2.65. The fraction of sp³-hybridized carbons (Fsp3) is 0.417. The summed E-state index contributed by atoms with van der Waals surface area (Å²) in [5, 5.41) is 6.77. The number of amides is 1.